The summed E-state index contributed by atoms with van der Waals surface area (Å²) in [5.41, 5.74) is -0.693. The zero-order chi connectivity index (χ0) is 25.4. The van der Waals surface area contributed by atoms with Crippen LogP contribution in [0.25, 0.3) is 11.3 Å². The second-order valence-electron chi connectivity index (χ2n) is 8.47. The quantitative estimate of drug-likeness (QED) is 0.536. The first-order valence-corrected chi connectivity index (χ1v) is 12.9. The van der Waals surface area contributed by atoms with Crippen LogP contribution in [0.15, 0.2) is 51.8 Å². The van der Waals surface area contributed by atoms with E-state index >= 15 is 0 Å². The SMILES string of the molecule is CCOP(=O)(/C=C/[C@H]1O[C@@H](n2c(-c3ccc(F)cc3)cc(=O)[nH]c2=O)[C@@H]2OC(C)(C)O[C@@H]21)OCC. The predicted molar refractivity (Wildman–Crippen MR) is 124 cm³/mol. The van der Waals surface area contributed by atoms with E-state index in [2.05, 4.69) is 4.98 Å². The Kier molecular flexibility index (Phi) is 7.28. The molecule has 2 fully saturated rings. The molecule has 3 heterocycles. The number of ether oxygens (including phenoxy) is 3. The maximum atomic E-state index is 13.5. The van der Waals surface area contributed by atoms with Crippen LogP contribution >= 0.6 is 7.60 Å². The third-order valence-electron chi connectivity index (χ3n) is 5.51. The number of nitrogens with zero attached hydrogens (tertiary/aromatic N) is 1. The Balaban J connectivity index is 1.76. The van der Waals surface area contributed by atoms with E-state index in [1.165, 1.54) is 46.8 Å². The van der Waals surface area contributed by atoms with Crippen LogP contribution in [0.5, 0.6) is 0 Å². The van der Waals surface area contributed by atoms with Gasteiger partial charge in [-0.05, 0) is 63.6 Å². The zero-order valence-electron chi connectivity index (χ0n) is 19.8. The lowest BCUT2D eigenvalue weighted by Crippen LogP contribution is -2.38. The molecule has 12 heteroatoms. The van der Waals surface area contributed by atoms with Gasteiger partial charge in [0.2, 0.25) is 0 Å². The number of halogens is 1. The van der Waals surface area contributed by atoms with Gasteiger partial charge in [0.05, 0.1) is 18.9 Å². The number of fused-ring (bicyclic) bond motifs is 1. The van der Waals surface area contributed by atoms with Gasteiger partial charge in [0.25, 0.3) is 5.56 Å². The van der Waals surface area contributed by atoms with Gasteiger partial charge in [-0.25, -0.2) is 9.18 Å². The van der Waals surface area contributed by atoms with Crippen LogP contribution in [-0.4, -0.2) is 46.9 Å². The van der Waals surface area contributed by atoms with E-state index in [4.69, 9.17) is 23.3 Å². The Bertz CT molecular complexity index is 1250. The number of benzene rings is 1. The van der Waals surface area contributed by atoms with Crippen molar-refractivity contribution < 1.29 is 32.2 Å². The van der Waals surface area contributed by atoms with Gasteiger partial charge in [-0.3, -0.25) is 18.9 Å². The first-order chi connectivity index (χ1) is 16.6. The molecule has 0 bridgehead atoms. The van der Waals surface area contributed by atoms with Gasteiger partial charge in [-0.15, -0.1) is 0 Å². The summed E-state index contributed by atoms with van der Waals surface area (Å²) in [4.78, 5) is 27.4. The van der Waals surface area contributed by atoms with Crippen LogP contribution in [-0.2, 0) is 27.8 Å². The van der Waals surface area contributed by atoms with Crippen LogP contribution in [0.1, 0.15) is 33.9 Å². The van der Waals surface area contributed by atoms with Crippen molar-refractivity contribution in [3.8, 4) is 11.3 Å². The summed E-state index contributed by atoms with van der Waals surface area (Å²) < 4.78 is 56.6. The molecule has 2 saturated heterocycles. The molecule has 0 spiro atoms. The molecule has 4 atom stereocenters. The molecule has 10 nitrogen and oxygen atoms in total. The molecule has 0 saturated carbocycles. The topological polar surface area (TPSA) is 118 Å². The van der Waals surface area contributed by atoms with Crippen LogP contribution in [0.2, 0.25) is 0 Å². The van der Waals surface area contributed by atoms with Crippen LogP contribution in [0, 0.1) is 5.82 Å². The van der Waals surface area contributed by atoms with Crippen molar-refractivity contribution in [3.05, 3.63) is 68.9 Å². The molecule has 0 unspecified atom stereocenters. The molecule has 1 aromatic heterocycles. The lowest BCUT2D eigenvalue weighted by atomic mass is 10.1. The van der Waals surface area contributed by atoms with Crippen LogP contribution < -0.4 is 11.2 Å². The Labute approximate surface area is 201 Å². The normalized spacial score (nSPS) is 25.9. The van der Waals surface area contributed by atoms with Gasteiger partial charge >= 0.3 is 13.3 Å². The number of nitrogens with one attached hydrogen (secondary N) is 1. The van der Waals surface area contributed by atoms with Crippen molar-refractivity contribution >= 4 is 7.60 Å². The van der Waals surface area contributed by atoms with Crippen LogP contribution in [0.3, 0.4) is 0 Å². The summed E-state index contributed by atoms with van der Waals surface area (Å²) in [5.74, 6) is -0.137. The lowest BCUT2D eigenvalue weighted by molar-refractivity contribution is -0.191. The number of hydrogen-bond acceptors (Lipinski definition) is 8. The van der Waals surface area contributed by atoms with Gasteiger partial charge < -0.3 is 23.3 Å². The van der Waals surface area contributed by atoms with E-state index in [9.17, 15) is 18.5 Å². The van der Waals surface area contributed by atoms with E-state index in [1.54, 1.807) is 27.7 Å². The summed E-state index contributed by atoms with van der Waals surface area (Å²) in [6, 6.07) is 6.61. The monoisotopic (exact) mass is 510 g/mol. The van der Waals surface area contributed by atoms with Crippen molar-refractivity contribution in [2.75, 3.05) is 13.2 Å². The van der Waals surface area contributed by atoms with Gasteiger partial charge in [0.15, 0.2) is 12.0 Å². The molecule has 2 aliphatic rings. The molecule has 190 valence electrons. The number of hydrogen-bond donors (Lipinski definition) is 1. The number of H-pyrrole nitrogens is 1. The number of aromatic nitrogens is 2. The first kappa shape index (κ1) is 25.7. The largest absolute Gasteiger partial charge is 0.353 e. The summed E-state index contributed by atoms with van der Waals surface area (Å²) in [6.45, 7) is 7.22. The minimum Gasteiger partial charge on any atom is -0.345 e. The predicted octanol–water partition coefficient (Wildman–Crippen LogP) is 3.54. The molecule has 1 N–H and O–H groups in total. The minimum absolute atomic E-state index is 0.183. The minimum atomic E-state index is -3.52. The summed E-state index contributed by atoms with van der Waals surface area (Å²) in [6.07, 6.45) is -1.69. The number of rotatable bonds is 8. The third kappa shape index (κ3) is 5.40. The molecule has 4 rings (SSSR count). The Hall–Kier alpha value is -2.40. The Morgan fingerprint density at radius 2 is 1.74 bits per heavy atom. The Morgan fingerprint density at radius 1 is 1.11 bits per heavy atom. The van der Waals surface area contributed by atoms with Gasteiger partial charge in [-0.2, -0.15) is 0 Å². The van der Waals surface area contributed by atoms with E-state index in [0.717, 1.165) is 0 Å². The summed E-state index contributed by atoms with van der Waals surface area (Å²) in [7, 11) is -3.52. The molecule has 0 amide bonds. The lowest BCUT2D eigenvalue weighted by Gasteiger charge is -2.25. The van der Waals surface area contributed by atoms with Gasteiger partial charge in [0, 0.05) is 11.9 Å². The van der Waals surface area contributed by atoms with E-state index in [1.807, 2.05) is 0 Å². The van der Waals surface area contributed by atoms with Gasteiger partial charge in [0.1, 0.15) is 24.1 Å². The summed E-state index contributed by atoms with van der Waals surface area (Å²) >= 11 is 0. The van der Waals surface area contributed by atoms with E-state index in [-0.39, 0.29) is 18.9 Å². The second kappa shape index (κ2) is 9.93. The molecule has 0 radical (unpaired) electrons. The highest BCUT2D eigenvalue weighted by molar-refractivity contribution is 7.57. The molecule has 2 aliphatic heterocycles. The summed E-state index contributed by atoms with van der Waals surface area (Å²) in [5, 5.41) is 0. The highest BCUT2D eigenvalue weighted by atomic mass is 31.2. The molecule has 1 aromatic carbocycles. The first-order valence-electron chi connectivity index (χ1n) is 11.3. The van der Waals surface area contributed by atoms with Crippen molar-refractivity contribution in [1.82, 2.24) is 9.55 Å². The van der Waals surface area contributed by atoms with E-state index in [0.29, 0.717) is 5.56 Å². The molecule has 0 aliphatic carbocycles. The molecule has 2 aromatic rings. The smallest absolute Gasteiger partial charge is 0.345 e. The Morgan fingerprint density at radius 3 is 2.37 bits per heavy atom. The number of aromatic amines is 1. The average molecular weight is 510 g/mol. The fourth-order valence-corrected chi connectivity index (χ4v) is 5.59. The van der Waals surface area contributed by atoms with Crippen LogP contribution in [0.4, 0.5) is 4.39 Å². The highest BCUT2D eigenvalue weighted by Gasteiger charge is 2.56. The fraction of sp³-hybridized carbons (Fsp3) is 0.478. The third-order valence-corrected chi connectivity index (χ3v) is 7.29. The standard InChI is InChI=1S/C23H28FN2O8P/c1-5-30-35(29,31-6-2)12-11-17-19-20(34-23(3,4)33-19)21(32-17)26-16(13-18(27)25-22(26)28)14-7-9-15(24)10-8-14/h7-13,17,19-21H,5-6H2,1-4H3,(H,25,27,28)/b12-11+/t17-,19-,20-,21-/m1/s1. The molecular formula is C23H28FN2O8P. The zero-order valence-corrected chi connectivity index (χ0v) is 20.7. The maximum absolute atomic E-state index is 13.5. The van der Waals surface area contributed by atoms with Gasteiger partial charge in [-0.1, -0.05) is 0 Å². The average Bonchev–Trinajstić information content (AvgIpc) is 3.26. The van der Waals surface area contributed by atoms with Crippen molar-refractivity contribution in [3.63, 3.8) is 0 Å². The molecule has 35 heavy (non-hydrogen) atoms. The van der Waals surface area contributed by atoms with Crippen molar-refractivity contribution in [2.24, 2.45) is 0 Å². The van der Waals surface area contributed by atoms with Crippen molar-refractivity contribution in [1.29, 1.82) is 0 Å². The fourth-order valence-electron chi connectivity index (χ4n) is 4.24. The second-order valence-corrected chi connectivity index (χ2v) is 10.4. The highest BCUT2D eigenvalue weighted by Crippen LogP contribution is 2.51. The maximum Gasteiger partial charge on any atom is 0.353 e. The molecular weight excluding hydrogens is 482 g/mol. The van der Waals surface area contributed by atoms with E-state index < -0.39 is 55.0 Å². The van der Waals surface area contributed by atoms with Crippen molar-refractivity contribution in [2.45, 2.75) is 58.0 Å².